The zero-order valence-corrected chi connectivity index (χ0v) is 10.3. The molecule has 1 unspecified atom stereocenters. The van der Waals surface area contributed by atoms with Crippen molar-refractivity contribution in [2.75, 3.05) is 7.11 Å². The fourth-order valence-corrected chi connectivity index (χ4v) is 1.45. The van der Waals surface area contributed by atoms with Crippen molar-refractivity contribution in [1.29, 1.82) is 5.26 Å². The number of ether oxygens (including phenoxy) is 1. The van der Waals surface area contributed by atoms with Gasteiger partial charge in [0, 0.05) is 7.11 Å². The van der Waals surface area contributed by atoms with Crippen LogP contribution in [0.3, 0.4) is 0 Å². The van der Waals surface area contributed by atoms with E-state index >= 15 is 0 Å². The van der Waals surface area contributed by atoms with E-state index in [9.17, 15) is 0 Å². The Hall–Kier alpha value is -1.41. The molecule has 0 aromatic carbocycles. The Morgan fingerprint density at radius 1 is 1.44 bits per heavy atom. The van der Waals surface area contributed by atoms with Crippen LogP contribution in [0.25, 0.3) is 0 Å². The van der Waals surface area contributed by atoms with Crippen LogP contribution < -0.4 is 0 Å². The summed E-state index contributed by atoms with van der Waals surface area (Å²) in [5.74, 6) is 0.465. The summed E-state index contributed by atoms with van der Waals surface area (Å²) in [6.45, 7) is 6.80. The first-order valence-corrected chi connectivity index (χ1v) is 5.40. The molecule has 0 aliphatic heterocycles. The zero-order chi connectivity index (χ0) is 12.1. The number of hydrogen-bond acceptors (Lipinski definition) is 4. The van der Waals surface area contributed by atoms with Gasteiger partial charge in [-0.15, -0.1) is 5.10 Å². The van der Waals surface area contributed by atoms with Crippen LogP contribution in [-0.4, -0.2) is 22.1 Å². The lowest BCUT2D eigenvalue weighted by atomic mass is 10.1. The smallest absolute Gasteiger partial charge is 0.102 e. The van der Waals surface area contributed by atoms with E-state index in [1.165, 1.54) is 0 Å². The summed E-state index contributed by atoms with van der Waals surface area (Å²) < 4.78 is 7.00. The maximum atomic E-state index is 8.70. The van der Waals surface area contributed by atoms with Gasteiger partial charge in [-0.1, -0.05) is 19.1 Å². The fourth-order valence-electron chi connectivity index (χ4n) is 1.45. The Morgan fingerprint density at radius 3 is 2.62 bits per heavy atom. The van der Waals surface area contributed by atoms with Gasteiger partial charge in [0.15, 0.2) is 0 Å². The van der Waals surface area contributed by atoms with Gasteiger partial charge in [-0.3, -0.25) is 0 Å². The van der Waals surface area contributed by atoms with Gasteiger partial charge in [0.25, 0.3) is 0 Å². The molecule has 1 aromatic rings. The summed E-state index contributed by atoms with van der Waals surface area (Å²) in [5, 5.41) is 16.9. The van der Waals surface area contributed by atoms with Crippen LogP contribution in [0.5, 0.6) is 0 Å². The third-order valence-electron chi connectivity index (χ3n) is 2.75. The van der Waals surface area contributed by atoms with Crippen LogP contribution in [0.15, 0.2) is 0 Å². The molecule has 5 nitrogen and oxygen atoms in total. The lowest BCUT2D eigenvalue weighted by molar-refractivity contribution is 0.171. The van der Waals surface area contributed by atoms with Crippen LogP contribution in [-0.2, 0) is 17.8 Å². The Labute approximate surface area is 96.0 Å². The first-order valence-electron chi connectivity index (χ1n) is 5.40. The van der Waals surface area contributed by atoms with E-state index < -0.39 is 0 Å². The third kappa shape index (κ3) is 2.58. The predicted octanol–water partition coefficient (Wildman–Crippen LogP) is 1.71. The van der Waals surface area contributed by atoms with Gasteiger partial charge in [-0.2, -0.15) is 5.26 Å². The van der Waals surface area contributed by atoms with Gasteiger partial charge in [0.1, 0.15) is 5.69 Å². The summed E-state index contributed by atoms with van der Waals surface area (Å²) >= 11 is 0. The molecule has 1 aromatic heterocycles. The number of nitrogens with zero attached hydrogens (tertiary/aromatic N) is 4. The van der Waals surface area contributed by atoms with E-state index in [0.717, 1.165) is 11.4 Å². The van der Waals surface area contributed by atoms with Crippen LogP contribution in [0, 0.1) is 17.2 Å². The Bertz CT molecular complexity index is 378. The molecule has 1 rings (SSSR count). The molecule has 0 bridgehead atoms. The Kier molecular flexibility index (Phi) is 4.44. The van der Waals surface area contributed by atoms with Crippen LogP contribution in [0.1, 0.15) is 38.2 Å². The highest BCUT2D eigenvalue weighted by Gasteiger charge is 2.18. The van der Waals surface area contributed by atoms with Crippen LogP contribution in [0.2, 0.25) is 0 Å². The first kappa shape index (κ1) is 12.7. The molecule has 5 heteroatoms. The number of methoxy groups -OCH3 is 1. The summed E-state index contributed by atoms with van der Waals surface area (Å²) in [5.41, 5.74) is 1.63. The number of rotatable bonds is 5. The van der Waals surface area contributed by atoms with Gasteiger partial charge >= 0.3 is 0 Å². The monoisotopic (exact) mass is 222 g/mol. The van der Waals surface area contributed by atoms with Crippen molar-refractivity contribution >= 4 is 0 Å². The Morgan fingerprint density at radius 2 is 2.12 bits per heavy atom. The van der Waals surface area contributed by atoms with E-state index in [4.69, 9.17) is 10.00 Å². The molecule has 0 saturated carbocycles. The van der Waals surface area contributed by atoms with Crippen LogP contribution >= 0.6 is 0 Å². The standard InChI is InChI=1S/C11H18N4O/c1-8(2)9(3)15-11(7-16-4)10(5-6-12)13-14-15/h8-9H,5,7H2,1-4H3. The maximum Gasteiger partial charge on any atom is 0.102 e. The second-order valence-electron chi connectivity index (χ2n) is 4.18. The van der Waals surface area contributed by atoms with Crippen molar-refractivity contribution in [2.24, 2.45) is 5.92 Å². The van der Waals surface area contributed by atoms with E-state index in [0.29, 0.717) is 12.5 Å². The van der Waals surface area contributed by atoms with Crippen molar-refractivity contribution in [3.05, 3.63) is 11.4 Å². The molecule has 0 spiro atoms. The normalized spacial score (nSPS) is 12.8. The van der Waals surface area contributed by atoms with Crippen molar-refractivity contribution in [3.63, 3.8) is 0 Å². The quantitative estimate of drug-likeness (QED) is 0.760. The predicted molar refractivity (Wildman–Crippen MR) is 59.6 cm³/mol. The highest BCUT2D eigenvalue weighted by atomic mass is 16.5. The van der Waals surface area contributed by atoms with Gasteiger partial charge in [-0.25, -0.2) is 4.68 Å². The molecule has 1 heterocycles. The molecule has 1 atom stereocenters. The summed E-state index contributed by atoms with van der Waals surface area (Å²) in [6.07, 6.45) is 0.281. The van der Waals surface area contributed by atoms with Crippen molar-refractivity contribution < 1.29 is 4.74 Å². The van der Waals surface area contributed by atoms with Gasteiger partial charge in [-0.05, 0) is 12.8 Å². The highest BCUT2D eigenvalue weighted by Crippen LogP contribution is 2.20. The summed E-state index contributed by atoms with van der Waals surface area (Å²) in [4.78, 5) is 0. The second-order valence-corrected chi connectivity index (χ2v) is 4.18. The molecule has 16 heavy (non-hydrogen) atoms. The lowest BCUT2D eigenvalue weighted by Crippen LogP contribution is -2.16. The number of aromatic nitrogens is 3. The summed E-state index contributed by atoms with van der Waals surface area (Å²) in [6, 6.07) is 2.35. The molecule has 0 radical (unpaired) electrons. The maximum absolute atomic E-state index is 8.70. The minimum atomic E-state index is 0.255. The minimum absolute atomic E-state index is 0.255. The lowest BCUT2D eigenvalue weighted by Gasteiger charge is -2.18. The molecular weight excluding hydrogens is 204 g/mol. The third-order valence-corrected chi connectivity index (χ3v) is 2.75. The van der Waals surface area contributed by atoms with Gasteiger partial charge in [0.2, 0.25) is 0 Å². The summed E-state index contributed by atoms with van der Waals surface area (Å²) in [7, 11) is 1.63. The topological polar surface area (TPSA) is 63.7 Å². The first-order chi connectivity index (χ1) is 7.61. The molecule has 0 aliphatic rings. The molecule has 0 aliphatic carbocycles. The zero-order valence-electron chi connectivity index (χ0n) is 10.3. The molecule has 0 amide bonds. The van der Waals surface area contributed by atoms with Crippen LogP contribution in [0.4, 0.5) is 0 Å². The van der Waals surface area contributed by atoms with Crippen molar-refractivity contribution in [1.82, 2.24) is 15.0 Å². The molecule has 0 saturated heterocycles. The van der Waals surface area contributed by atoms with E-state index in [1.807, 2.05) is 4.68 Å². The Balaban J connectivity index is 3.04. The minimum Gasteiger partial charge on any atom is -0.378 e. The highest BCUT2D eigenvalue weighted by molar-refractivity contribution is 5.14. The number of nitriles is 1. The largest absolute Gasteiger partial charge is 0.378 e. The average molecular weight is 222 g/mol. The SMILES string of the molecule is COCc1c(CC#N)nnn1C(C)C(C)C. The van der Waals surface area contributed by atoms with Gasteiger partial charge in [0.05, 0.1) is 30.8 Å². The van der Waals surface area contributed by atoms with E-state index in [2.05, 4.69) is 37.2 Å². The molecule has 0 N–H and O–H groups in total. The molecular formula is C11H18N4O. The fraction of sp³-hybridized carbons (Fsp3) is 0.727. The second kappa shape index (κ2) is 5.61. The van der Waals surface area contributed by atoms with Gasteiger partial charge < -0.3 is 4.74 Å². The van der Waals surface area contributed by atoms with Crippen molar-refractivity contribution in [3.8, 4) is 6.07 Å². The average Bonchev–Trinajstić information content (AvgIpc) is 2.62. The van der Waals surface area contributed by atoms with Crippen molar-refractivity contribution in [2.45, 2.75) is 39.8 Å². The molecule has 0 fully saturated rings. The molecule has 88 valence electrons. The number of hydrogen-bond donors (Lipinski definition) is 0. The van der Waals surface area contributed by atoms with E-state index in [-0.39, 0.29) is 12.5 Å². The van der Waals surface area contributed by atoms with E-state index in [1.54, 1.807) is 7.11 Å².